The van der Waals surface area contributed by atoms with Crippen molar-refractivity contribution >= 4 is 5.97 Å². The van der Waals surface area contributed by atoms with Gasteiger partial charge in [-0.2, -0.15) is 0 Å². The van der Waals surface area contributed by atoms with Gasteiger partial charge < -0.3 is 14.6 Å². The van der Waals surface area contributed by atoms with E-state index in [-0.39, 0.29) is 5.92 Å². The van der Waals surface area contributed by atoms with Crippen LogP contribution in [0.4, 0.5) is 0 Å². The molecule has 21 heavy (non-hydrogen) atoms. The van der Waals surface area contributed by atoms with Crippen molar-refractivity contribution in [1.82, 2.24) is 0 Å². The Morgan fingerprint density at radius 3 is 1.76 bits per heavy atom. The van der Waals surface area contributed by atoms with E-state index in [2.05, 4.69) is 0 Å². The summed E-state index contributed by atoms with van der Waals surface area (Å²) in [6.45, 7) is 4.30. The lowest BCUT2D eigenvalue weighted by Gasteiger charge is -2.36. The summed E-state index contributed by atoms with van der Waals surface area (Å²) in [5.41, 5.74) is -0.444. The molecular weight excluding hydrogens is 264 g/mol. The number of aliphatic carboxylic acids is 1. The fourth-order valence-electron chi connectivity index (χ4n) is 2.27. The molecule has 0 saturated carbocycles. The van der Waals surface area contributed by atoms with E-state index in [0.717, 1.165) is 0 Å². The van der Waals surface area contributed by atoms with Crippen LogP contribution in [0.25, 0.3) is 0 Å². The van der Waals surface area contributed by atoms with Gasteiger partial charge in [0.25, 0.3) is 0 Å². The summed E-state index contributed by atoms with van der Waals surface area (Å²) < 4.78 is 5.86. The van der Waals surface area contributed by atoms with Crippen LogP contribution >= 0.6 is 0 Å². The lowest BCUT2D eigenvalue weighted by Crippen LogP contribution is -2.49. The molecule has 110 valence electrons. The lowest BCUT2D eigenvalue weighted by molar-refractivity contribution is -0.326. The van der Waals surface area contributed by atoms with Gasteiger partial charge in [-0.15, -0.1) is 0 Å². The highest BCUT2D eigenvalue weighted by Crippen LogP contribution is 2.33. The number of carbonyl (C=O) groups excluding carboxylic acids is 1. The molecule has 0 bridgehead atoms. The van der Waals surface area contributed by atoms with Gasteiger partial charge >= 0.3 is 0 Å². The molecule has 0 spiro atoms. The van der Waals surface area contributed by atoms with E-state index >= 15 is 0 Å². The maximum atomic E-state index is 12.0. The van der Waals surface area contributed by atoms with Crippen LogP contribution in [0.5, 0.6) is 0 Å². The van der Waals surface area contributed by atoms with Crippen LogP contribution in [-0.2, 0) is 15.1 Å². The second-order valence-corrected chi connectivity index (χ2v) is 5.41. The molecule has 0 saturated heterocycles. The number of carboxylic acids is 1. The molecule has 2 rings (SSSR count). The van der Waals surface area contributed by atoms with Crippen LogP contribution in [0.1, 0.15) is 25.0 Å². The molecule has 0 amide bonds. The minimum Gasteiger partial charge on any atom is -0.546 e. The Kier molecular flexibility index (Phi) is 4.76. The summed E-state index contributed by atoms with van der Waals surface area (Å²) >= 11 is 0. The minimum atomic E-state index is -1.58. The van der Waals surface area contributed by atoms with E-state index in [4.69, 9.17) is 4.74 Å². The first-order chi connectivity index (χ1) is 10.1. The number of ether oxygens (including phenoxy) is 1. The van der Waals surface area contributed by atoms with Crippen LogP contribution in [0.3, 0.4) is 0 Å². The lowest BCUT2D eigenvalue weighted by atomic mass is 9.86. The third-order valence-electron chi connectivity index (χ3n) is 3.28. The highest BCUT2D eigenvalue weighted by atomic mass is 16.5. The van der Waals surface area contributed by atoms with E-state index in [1.54, 1.807) is 48.5 Å². The fraction of sp³-hybridized carbons (Fsp3) is 0.278. The highest BCUT2D eigenvalue weighted by Gasteiger charge is 2.37. The van der Waals surface area contributed by atoms with Gasteiger partial charge in [0.05, 0.1) is 12.6 Å². The van der Waals surface area contributed by atoms with Crippen molar-refractivity contribution in [1.29, 1.82) is 0 Å². The molecule has 2 aromatic carbocycles. The average molecular weight is 283 g/mol. The smallest absolute Gasteiger partial charge is 0.157 e. The summed E-state index contributed by atoms with van der Waals surface area (Å²) in [7, 11) is 0. The fourth-order valence-corrected chi connectivity index (χ4v) is 2.27. The molecule has 0 heterocycles. The molecule has 0 radical (unpaired) electrons. The van der Waals surface area contributed by atoms with Gasteiger partial charge in [0.2, 0.25) is 0 Å². The molecule has 0 aromatic heterocycles. The molecule has 2 aromatic rings. The molecule has 0 N–H and O–H groups in total. The Morgan fingerprint density at radius 2 is 1.43 bits per heavy atom. The Balaban J connectivity index is 2.58. The maximum absolute atomic E-state index is 12.0. The summed E-state index contributed by atoms with van der Waals surface area (Å²) in [6.07, 6.45) is 0. The first-order valence-corrected chi connectivity index (χ1v) is 7.04. The van der Waals surface area contributed by atoms with E-state index in [1.165, 1.54) is 0 Å². The molecule has 0 unspecified atom stereocenters. The maximum Gasteiger partial charge on any atom is 0.157 e. The Labute approximate surface area is 125 Å². The first-order valence-electron chi connectivity index (χ1n) is 7.04. The number of benzene rings is 2. The molecule has 0 aliphatic heterocycles. The molecule has 0 atom stereocenters. The zero-order valence-electron chi connectivity index (χ0n) is 12.3. The third kappa shape index (κ3) is 3.14. The zero-order valence-corrected chi connectivity index (χ0v) is 12.3. The normalized spacial score (nSPS) is 11.6. The SMILES string of the molecule is CC(C)COC(C(=O)[O-])(c1ccccc1)c1ccccc1. The van der Waals surface area contributed by atoms with E-state index in [1.807, 2.05) is 26.0 Å². The van der Waals surface area contributed by atoms with Crippen LogP contribution in [0, 0.1) is 5.92 Å². The Hall–Kier alpha value is -2.13. The largest absolute Gasteiger partial charge is 0.546 e. The average Bonchev–Trinajstić information content (AvgIpc) is 2.49. The predicted octanol–water partition coefficient (Wildman–Crippen LogP) is 2.35. The van der Waals surface area contributed by atoms with Crippen molar-refractivity contribution in [3.8, 4) is 0 Å². The highest BCUT2D eigenvalue weighted by molar-refractivity contribution is 5.82. The van der Waals surface area contributed by atoms with Crippen molar-refractivity contribution in [2.45, 2.75) is 19.4 Å². The molecule has 0 fully saturated rings. The van der Waals surface area contributed by atoms with Gasteiger partial charge in [-0.25, -0.2) is 0 Å². The standard InChI is InChI=1S/C18H20O3/c1-14(2)13-21-18(17(19)20,15-9-5-3-6-10-15)16-11-7-4-8-12-16/h3-12,14H,13H2,1-2H3,(H,19,20)/p-1. The van der Waals surface area contributed by atoms with Crippen molar-refractivity contribution in [3.05, 3.63) is 71.8 Å². The molecule has 0 aliphatic carbocycles. The first kappa shape index (κ1) is 15.3. The number of hydrogen-bond acceptors (Lipinski definition) is 3. The third-order valence-corrected chi connectivity index (χ3v) is 3.28. The molecular formula is C18H19O3-. The van der Waals surface area contributed by atoms with Gasteiger partial charge in [0, 0.05) is 0 Å². The summed E-state index contributed by atoms with van der Waals surface area (Å²) in [6, 6.07) is 17.9. The number of carboxylic acid groups (broad SMARTS) is 1. The second-order valence-electron chi connectivity index (χ2n) is 5.41. The monoisotopic (exact) mass is 283 g/mol. The topological polar surface area (TPSA) is 49.4 Å². The van der Waals surface area contributed by atoms with Gasteiger partial charge in [0.15, 0.2) is 5.60 Å². The summed E-state index contributed by atoms with van der Waals surface area (Å²) in [5.74, 6) is -1.03. The van der Waals surface area contributed by atoms with Gasteiger partial charge in [-0.1, -0.05) is 74.5 Å². The second kappa shape index (κ2) is 6.55. The van der Waals surface area contributed by atoms with Gasteiger partial charge in [0.1, 0.15) is 0 Å². The van der Waals surface area contributed by atoms with Crippen molar-refractivity contribution < 1.29 is 14.6 Å². The summed E-state index contributed by atoms with van der Waals surface area (Å²) in [4.78, 5) is 12.0. The zero-order chi connectivity index (χ0) is 15.3. The molecule has 0 aliphatic rings. The Morgan fingerprint density at radius 1 is 1.00 bits per heavy atom. The van der Waals surface area contributed by atoms with Crippen LogP contribution in [0.2, 0.25) is 0 Å². The van der Waals surface area contributed by atoms with Gasteiger partial charge in [-0.05, 0) is 17.0 Å². The van der Waals surface area contributed by atoms with Crippen molar-refractivity contribution in [2.24, 2.45) is 5.92 Å². The number of hydrogen-bond donors (Lipinski definition) is 0. The molecule has 3 heteroatoms. The van der Waals surface area contributed by atoms with Crippen LogP contribution in [-0.4, -0.2) is 12.6 Å². The number of rotatable bonds is 6. The van der Waals surface area contributed by atoms with Crippen molar-refractivity contribution in [3.63, 3.8) is 0 Å². The minimum absolute atomic E-state index is 0.219. The molecule has 3 nitrogen and oxygen atoms in total. The van der Waals surface area contributed by atoms with E-state index in [9.17, 15) is 9.90 Å². The summed E-state index contributed by atoms with van der Waals surface area (Å²) in [5, 5.41) is 12.0. The van der Waals surface area contributed by atoms with Crippen LogP contribution < -0.4 is 5.11 Å². The van der Waals surface area contributed by atoms with Gasteiger partial charge in [-0.3, -0.25) is 0 Å². The van der Waals surface area contributed by atoms with Crippen LogP contribution in [0.15, 0.2) is 60.7 Å². The van der Waals surface area contributed by atoms with Crippen molar-refractivity contribution in [2.75, 3.05) is 6.61 Å². The quantitative estimate of drug-likeness (QED) is 0.817. The predicted molar refractivity (Wildman–Crippen MR) is 79.5 cm³/mol. The van der Waals surface area contributed by atoms with E-state index in [0.29, 0.717) is 17.7 Å². The Bertz CT molecular complexity index is 536. The van der Waals surface area contributed by atoms with E-state index < -0.39 is 11.6 Å². The number of carbonyl (C=O) groups is 1.